The summed E-state index contributed by atoms with van der Waals surface area (Å²) in [6.07, 6.45) is 1.23. The SMILES string of the molecule is CC(CC(N)=S)NC(=O)C1COc2ccccc2C1. The van der Waals surface area contributed by atoms with Gasteiger partial charge >= 0.3 is 0 Å². The minimum Gasteiger partial charge on any atom is -0.492 e. The molecule has 1 aromatic carbocycles. The van der Waals surface area contributed by atoms with Crippen molar-refractivity contribution in [3.63, 3.8) is 0 Å². The number of hydrogen-bond donors (Lipinski definition) is 2. The van der Waals surface area contributed by atoms with Crippen LogP contribution in [0.2, 0.25) is 0 Å². The molecule has 1 aliphatic rings. The highest BCUT2D eigenvalue weighted by molar-refractivity contribution is 7.80. The number of para-hydroxylation sites is 1. The van der Waals surface area contributed by atoms with Crippen molar-refractivity contribution in [3.8, 4) is 5.75 Å². The van der Waals surface area contributed by atoms with Gasteiger partial charge in [-0.3, -0.25) is 4.79 Å². The number of carbonyl (C=O) groups is 1. The predicted octanol–water partition coefficient (Wildman–Crippen LogP) is 1.42. The van der Waals surface area contributed by atoms with Gasteiger partial charge in [0.05, 0.1) is 10.9 Å². The third-order valence-corrected chi connectivity index (χ3v) is 3.31. The van der Waals surface area contributed by atoms with Crippen LogP contribution in [-0.4, -0.2) is 23.5 Å². The Kier molecular flexibility index (Phi) is 4.37. The van der Waals surface area contributed by atoms with Gasteiger partial charge in [0.25, 0.3) is 0 Å². The van der Waals surface area contributed by atoms with Gasteiger partial charge in [-0.1, -0.05) is 30.4 Å². The smallest absolute Gasteiger partial charge is 0.227 e. The summed E-state index contributed by atoms with van der Waals surface area (Å²) in [5, 5.41) is 2.93. The minimum absolute atomic E-state index is 0.00162. The lowest BCUT2D eigenvalue weighted by Crippen LogP contribution is -2.42. The van der Waals surface area contributed by atoms with E-state index < -0.39 is 0 Å². The van der Waals surface area contributed by atoms with Gasteiger partial charge in [0.2, 0.25) is 5.91 Å². The van der Waals surface area contributed by atoms with Crippen molar-refractivity contribution in [2.75, 3.05) is 6.61 Å². The molecule has 0 saturated heterocycles. The Morgan fingerprint density at radius 1 is 1.58 bits per heavy atom. The zero-order valence-corrected chi connectivity index (χ0v) is 11.7. The average molecular weight is 278 g/mol. The molecule has 3 N–H and O–H groups in total. The number of benzene rings is 1. The molecule has 1 aromatic rings. The minimum atomic E-state index is -0.149. The molecule has 102 valence electrons. The maximum absolute atomic E-state index is 12.1. The summed E-state index contributed by atoms with van der Waals surface area (Å²) in [7, 11) is 0. The van der Waals surface area contributed by atoms with Crippen LogP contribution >= 0.6 is 12.2 Å². The van der Waals surface area contributed by atoms with E-state index in [1.807, 2.05) is 31.2 Å². The first kappa shape index (κ1) is 13.8. The molecule has 19 heavy (non-hydrogen) atoms. The standard InChI is InChI=1S/C14H18N2O2S/c1-9(6-13(15)19)16-14(17)11-7-10-4-2-3-5-12(10)18-8-11/h2-5,9,11H,6-8H2,1H3,(H2,15,19)(H,16,17). The third kappa shape index (κ3) is 3.67. The second-order valence-electron chi connectivity index (χ2n) is 4.90. The summed E-state index contributed by atoms with van der Waals surface area (Å²) in [5.74, 6) is 0.727. The van der Waals surface area contributed by atoms with Crippen LogP contribution in [0.5, 0.6) is 5.75 Å². The summed E-state index contributed by atoms with van der Waals surface area (Å²) in [5.41, 5.74) is 6.55. The second-order valence-corrected chi connectivity index (χ2v) is 5.42. The Bertz CT molecular complexity index is 490. The van der Waals surface area contributed by atoms with E-state index in [2.05, 4.69) is 5.32 Å². The zero-order valence-electron chi connectivity index (χ0n) is 10.9. The molecule has 0 spiro atoms. The molecule has 0 aromatic heterocycles. The highest BCUT2D eigenvalue weighted by atomic mass is 32.1. The van der Waals surface area contributed by atoms with Crippen LogP contribution in [0.15, 0.2) is 24.3 Å². The molecule has 0 bridgehead atoms. The lowest BCUT2D eigenvalue weighted by Gasteiger charge is -2.25. The Morgan fingerprint density at radius 2 is 2.32 bits per heavy atom. The van der Waals surface area contributed by atoms with Gasteiger partial charge in [0, 0.05) is 12.5 Å². The van der Waals surface area contributed by atoms with Crippen molar-refractivity contribution >= 4 is 23.1 Å². The number of nitrogens with two attached hydrogens (primary N) is 1. The maximum atomic E-state index is 12.1. The van der Waals surface area contributed by atoms with Gasteiger partial charge in [-0.15, -0.1) is 0 Å². The number of ether oxygens (including phenoxy) is 1. The van der Waals surface area contributed by atoms with Gasteiger partial charge in [-0.25, -0.2) is 0 Å². The van der Waals surface area contributed by atoms with Crippen molar-refractivity contribution in [1.29, 1.82) is 0 Å². The fourth-order valence-electron chi connectivity index (χ4n) is 2.21. The summed E-state index contributed by atoms with van der Waals surface area (Å²) in [4.78, 5) is 12.5. The molecule has 1 aliphatic heterocycles. The van der Waals surface area contributed by atoms with Crippen molar-refractivity contribution in [3.05, 3.63) is 29.8 Å². The maximum Gasteiger partial charge on any atom is 0.227 e. The summed E-state index contributed by atoms with van der Waals surface area (Å²) >= 11 is 4.83. The molecule has 4 nitrogen and oxygen atoms in total. The quantitative estimate of drug-likeness (QED) is 0.818. The molecule has 2 atom stereocenters. The Morgan fingerprint density at radius 3 is 3.05 bits per heavy atom. The van der Waals surface area contributed by atoms with Crippen LogP contribution in [-0.2, 0) is 11.2 Å². The van der Waals surface area contributed by atoms with E-state index in [0.717, 1.165) is 11.3 Å². The van der Waals surface area contributed by atoms with E-state index in [1.54, 1.807) is 0 Å². The van der Waals surface area contributed by atoms with E-state index >= 15 is 0 Å². The second kappa shape index (κ2) is 6.02. The molecule has 2 rings (SSSR count). The van der Waals surface area contributed by atoms with E-state index in [1.165, 1.54) is 0 Å². The first-order valence-electron chi connectivity index (χ1n) is 6.35. The molecule has 0 aliphatic carbocycles. The highest BCUT2D eigenvalue weighted by Gasteiger charge is 2.26. The fourth-order valence-corrected chi connectivity index (χ4v) is 2.46. The molecular formula is C14H18N2O2S. The summed E-state index contributed by atoms with van der Waals surface area (Å²) in [6, 6.07) is 7.77. The molecule has 0 fully saturated rings. The van der Waals surface area contributed by atoms with Crippen LogP contribution in [0, 0.1) is 5.92 Å². The number of thiocarbonyl (C=S) groups is 1. The number of amides is 1. The van der Waals surface area contributed by atoms with Gasteiger partial charge in [-0.05, 0) is 25.0 Å². The summed E-state index contributed by atoms with van der Waals surface area (Å²) < 4.78 is 5.61. The van der Waals surface area contributed by atoms with Crippen LogP contribution < -0.4 is 15.8 Å². The van der Waals surface area contributed by atoms with E-state index in [-0.39, 0.29) is 17.9 Å². The lowest BCUT2D eigenvalue weighted by atomic mass is 9.95. The Hall–Kier alpha value is -1.62. The first-order valence-corrected chi connectivity index (χ1v) is 6.76. The topological polar surface area (TPSA) is 64.3 Å². The van der Waals surface area contributed by atoms with E-state index in [0.29, 0.717) is 24.4 Å². The fraction of sp³-hybridized carbons (Fsp3) is 0.429. The van der Waals surface area contributed by atoms with Crippen molar-refractivity contribution in [2.24, 2.45) is 11.7 Å². The number of rotatable bonds is 4. The Balaban J connectivity index is 1.93. The first-order chi connectivity index (χ1) is 9.06. The number of hydrogen-bond acceptors (Lipinski definition) is 3. The number of fused-ring (bicyclic) bond motifs is 1. The molecule has 5 heteroatoms. The average Bonchev–Trinajstić information content (AvgIpc) is 2.37. The molecule has 1 heterocycles. The van der Waals surface area contributed by atoms with Crippen molar-refractivity contribution in [2.45, 2.75) is 25.8 Å². The predicted molar refractivity (Wildman–Crippen MR) is 78.1 cm³/mol. The molecular weight excluding hydrogens is 260 g/mol. The van der Waals surface area contributed by atoms with Crippen molar-refractivity contribution < 1.29 is 9.53 Å². The largest absolute Gasteiger partial charge is 0.492 e. The highest BCUT2D eigenvalue weighted by Crippen LogP contribution is 2.26. The molecule has 0 saturated carbocycles. The number of nitrogens with one attached hydrogen (secondary N) is 1. The van der Waals surface area contributed by atoms with Crippen LogP contribution in [0.25, 0.3) is 0 Å². The van der Waals surface area contributed by atoms with Crippen molar-refractivity contribution in [1.82, 2.24) is 5.32 Å². The van der Waals surface area contributed by atoms with Gasteiger partial charge in [0.1, 0.15) is 12.4 Å². The molecule has 2 unspecified atom stereocenters. The number of carbonyl (C=O) groups excluding carboxylic acids is 1. The van der Waals surface area contributed by atoms with E-state index in [9.17, 15) is 4.79 Å². The summed E-state index contributed by atoms with van der Waals surface area (Å²) in [6.45, 7) is 2.32. The lowest BCUT2D eigenvalue weighted by molar-refractivity contribution is -0.126. The monoisotopic (exact) mass is 278 g/mol. The van der Waals surface area contributed by atoms with Gasteiger partial charge in [0.15, 0.2) is 0 Å². The Labute approximate surface area is 118 Å². The third-order valence-electron chi connectivity index (χ3n) is 3.15. The zero-order chi connectivity index (χ0) is 13.8. The van der Waals surface area contributed by atoms with Crippen LogP contribution in [0.4, 0.5) is 0 Å². The van der Waals surface area contributed by atoms with E-state index in [4.69, 9.17) is 22.7 Å². The molecule has 0 radical (unpaired) electrons. The van der Waals surface area contributed by atoms with Crippen LogP contribution in [0.3, 0.4) is 0 Å². The molecule has 1 amide bonds. The van der Waals surface area contributed by atoms with Crippen LogP contribution in [0.1, 0.15) is 18.9 Å². The normalized spacial score (nSPS) is 18.9. The van der Waals surface area contributed by atoms with Gasteiger partial charge < -0.3 is 15.8 Å². The van der Waals surface area contributed by atoms with Gasteiger partial charge in [-0.2, -0.15) is 0 Å².